The van der Waals surface area contributed by atoms with Gasteiger partial charge in [-0.05, 0) is 37.1 Å². The summed E-state index contributed by atoms with van der Waals surface area (Å²) in [4.78, 5) is 16.1. The summed E-state index contributed by atoms with van der Waals surface area (Å²) < 4.78 is 5.13. The summed E-state index contributed by atoms with van der Waals surface area (Å²) in [5.41, 5.74) is 6.01. The van der Waals surface area contributed by atoms with Gasteiger partial charge < -0.3 is 4.98 Å². The maximum atomic E-state index is 12.7. The van der Waals surface area contributed by atoms with Crippen LogP contribution in [0.5, 0.6) is 0 Å². The maximum absolute atomic E-state index is 12.7. The van der Waals surface area contributed by atoms with Crippen molar-refractivity contribution in [1.29, 1.82) is 0 Å². The van der Waals surface area contributed by atoms with Gasteiger partial charge in [0.05, 0.1) is 41.1 Å². The summed E-state index contributed by atoms with van der Waals surface area (Å²) in [5, 5.41) is 14.0. The van der Waals surface area contributed by atoms with Crippen LogP contribution in [0.25, 0.3) is 39.1 Å². The fourth-order valence-corrected chi connectivity index (χ4v) is 3.75. The minimum absolute atomic E-state index is 0.181. The first-order chi connectivity index (χ1) is 13.6. The van der Waals surface area contributed by atoms with Crippen molar-refractivity contribution in [2.75, 3.05) is 0 Å². The van der Waals surface area contributed by atoms with Crippen LogP contribution in [0.1, 0.15) is 12.5 Å². The van der Waals surface area contributed by atoms with Gasteiger partial charge in [-0.1, -0.05) is 6.07 Å². The van der Waals surface area contributed by atoms with Gasteiger partial charge >= 0.3 is 0 Å². The Morgan fingerprint density at radius 3 is 2.68 bits per heavy atom. The highest BCUT2D eigenvalue weighted by molar-refractivity contribution is 5.85. The predicted octanol–water partition coefficient (Wildman–Crippen LogP) is 2.77. The molecule has 0 spiro atoms. The molecule has 0 saturated carbocycles. The largest absolute Gasteiger partial charge is 0.339 e. The Morgan fingerprint density at radius 1 is 1.07 bits per heavy atom. The van der Waals surface area contributed by atoms with Crippen molar-refractivity contribution in [3.63, 3.8) is 0 Å². The number of aromatic nitrogens is 7. The van der Waals surface area contributed by atoms with Gasteiger partial charge in [0.2, 0.25) is 0 Å². The lowest BCUT2D eigenvalue weighted by Gasteiger charge is -2.06. The molecule has 8 heteroatoms. The lowest BCUT2D eigenvalue weighted by Crippen LogP contribution is -2.14. The molecular formula is C20H19N7O. The molecule has 0 fully saturated rings. The van der Waals surface area contributed by atoms with E-state index in [9.17, 15) is 4.79 Å². The molecule has 140 valence electrons. The highest BCUT2D eigenvalue weighted by atomic mass is 16.1. The third kappa shape index (κ3) is 2.31. The molecule has 0 unspecified atom stereocenters. The van der Waals surface area contributed by atoms with E-state index in [0.717, 1.165) is 45.5 Å². The third-order valence-corrected chi connectivity index (χ3v) is 5.13. The van der Waals surface area contributed by atoms with Gasteiger partial charge in [0.15, 0.2) is 0 Å². The number of hydrogen-bond donors (Lipinski definition) is 1. The molecule has 0 amide bonds. The van der Waals surface area contributed by atoms with Crippen molar-refractivity contribution in [2.24, 2.45) is 7.05 Å². The Bertz CT molecular complexity index is 1380. The Labute approximate surface area is 160 Å². The van der Waals surface area contributed by atoms with Crippen LogP contribution in [0.2, 0.25) is 0 Å². The van der Waals surface area contributed by atoms with E-state index in [4.69, 9.17) is 0 Å². The molecule has 1 aromatic carbocycles. The van der Waals surface area contributed by atoms with Gasteiger partial charge in [0.25, 0.3) is 5.56 Å². The van der Waals surface area contributed by atoms with Gasteiger partial charge in [-0.3, -0.25) is 14.2 Å². The summed E-state index contributed by atoms with van der Waals surface area (Å²) >= 11 is 0. The molecule has 0 bridgehead atoms. The molecule has 5 rings (SSSR count). The topological polar surface area (TPSA) is 85.8 Å². The molecule has 0 aliphatic heterocycles. The first-order valence-corrected chi connectivity index (χ1v) is 9.13. The smallest absolute Gasteiger partial charge is 0.274 e. The van der Waals surface area contributed by atoms with E-state index in [1.54, 1.807) is 23.1 Å². The zero-order chi connectivity index (χ0) is 19.4. The van der Waals surface area contributed by atoms with Crippen molar-refractivity contribution in [1.82, 2.24) is 34.2 Å². The normalized spacial score (nSPS) is 11.7. The van der Waals surface area contributed by atoms with Crippen molar-refractivity contribution in [2.45, 2.75) is 20.4 Å². The Balaban J connectivity index is 1.73. The number of H-pyrrole nitrogens is 1. The van der Waals surface area contributed by atoms with E-state index in [2.05, 4.69) is 27.2 Å². The van der Waals surface area contributed by atoms with Gasteiger partial charge in [-0.2, -0.15) is 19.8 Å². The highest BCUT2D eigenvalue weighted by Crippen LogP contribution is 2.28. The minimum atomic E-state index is -0.181. The average Bonchev–Trinajstić information content (AvgIpc) is 3.38. The summed E-state index contributed by atoms with van der Waals surface area (Å²) in [6.07, 6.45) is 5.36. The van der Waals surface area contributed by atoms with Crippen molar-refractivity contribution < 1.29 is 0 Å². The second-order valence-electron chi connectivity index (χ2n) is 6.87. The molecule has 0 aliphatic carbocycles. The average molecular weight is 373 g/mol. The van der Waals surface area contributed by atoms with Gasteiger partial charge in [-0.15, -0.1) is 0 Å². The number of nitrogens with one attached hydrogen (secondary N) is 1. The standard InChI is InChI=1S/C20H19N7O/c1-4-26-17-6-5-13(7-14(17)10-22-26)16-8-18(28)27-20(24-16)15(11-23-27)19-12(2)9-21-25(19)3/h5-11,24H,4H2,1-3H3. The number of benzene rings is 1. The van der Waals surface area contributed by atoms with E-state index >= 15 is 0 Å². The molecule has 1 N–H and O–H groups in total. The summed E-state index contributed by atoms with van der Waals surface area (Å²) in [5.74, 6) is 0. The molecular weight excluding hydrogens is 354 g/mol. The SMILES string of the molecule is CCn1ncc2cc(-c3cc(=O)n4ncc(-c5c(C)cnn5C)c4[nH]3)ccc21. The van der Waals surface area contributed by atoms with Crippen LogP contribution in [0.4, 0.5) is 0 Å². The summed E-state index contributed by atoms with van der Waals surface area (Å²) in [6.45, 7) is 4.87. The fourth-order valence-electron chi connectivity index (χ4n) is 3.75. The molecule has 0 radical (unpaired) electrons. The number of hydrogen-bond acceptors (Lipinski definition) is 4. The lowest BCUT2D eigenvalue weighted by molar-refractivity contribution is 0.684. The second-order valence-corrected chi connectivity index (χ2v) is 6.87. The Hall–Kier alpha value is -3.68. The van der Waals surface area contributed by atoms with Crippen molar-refractivity contribution >= 4 is 16.6 Å². The number of nitrogens with zero attached hydrogens (tertiary/aromatic N) is 6. The van der Waals surface area contributed by atoms with E-state index < -0.39 is 0 Å². The zero-order valence-electron chi connectivity index (χ0n) is 15.8. The molecule has 0 aliphatic rings. The van der Waals surface area contributed by atoms with Crippen LogP contribution >= 0.6 is 0 Å². The minimum Gasteiger partial charge on any atom is -0.339 e. The predicted molar refractivity (Wildman–Crippen MR) is 107 cm³/mol. The second kappa shape index (κ2) is 5.91. The van der Waals surface area contributed by atoms with Crippen LogP contribution in [-0.4, -0.2) is 34.2 Å². The van der Waals surface area contributed by atoms with Crippen LogP contribution in [0, 0.1) is 6.92 Å². The molecule has 4 aromatic heterocycles. The first kappa shape index (κ1) is 16.5. The first-order valence-electron chi connectivity index (χ1n) is 9.13. The molecule has 28 heavy (non-hydrogen) atoms. The quantitative estimate of drug-likeness (QED) is 0.527. The van der Waals surface area contributed by atoms with E-state index in [0.29, 0.717) is 5.65 Å². The lowest BCUT2D eigenvalue weighted by atomic mass is 10.1. The van der Waals surface area contributed by atoms with Gasteiger partial charge in [-0.25, -0.2) is 0 Å². The molecule has 5 aromatic rings. The van der Waals surface area contributed by atoms with Crippen LogP contribution < -0.4 is 5.56 Å². The molecule has 0 saturated heterocycles. The molecule has 4 heterocycles. The fraction of sp³-hybridized carbons (Fsp3) is 0.200. The van der Waals surface area contributed by atoms with Crippen LogP contribution in [-0.2, 0) is 13.6 Å². The van der Waals surface area contributed by atoms with Gasteiger partial charge in [0.1, 0.15) is 5.65 Å². The third-order valence-electron chi connectivity index (χ3n) is 5.13. The molecule has 8 nitrogen and oxygen atoms in total. The number of aryl methyl sites for hydroxylation is 3. The number of rotatable bonds is 3. The monoisotopic (exact) mass is 373 g/mol. The number of fused-ring (bicyclic) bond motifs is 2. The van der Waals surface area contributed by atoms with Crippen LogP contribution in [0.3, 0.4) is 0 Å². The Morgan fingerprint density at radius 2 is 1.93 bits per heavy atom. The van der Waals surface area contributed by atoms with E-state index in [-0.39, 0.29) is 5.56 Å². The summed E-state index contributed by atoms with van der Waals surface area (Å²) in [7, 11) is 1.88. The van der Waals surface area contributed by atoms with E-state index in [1.165, 1.54) is 4.52 Å². The van der Waals surface area contributed by atoms with Crippen molar-refractivity contribution in [3.8, 4) is 22.5 Å². The van der Waals surface area contributed by atoms with E-state index in [1.807, 2.05) is 43.0 Å². The Kier molecular flexibility index (Phi) is 3.48. The maximum Gasteiger partial charge on any atom is 0.274 e. The van der Waals surface area contributed by atoms with Crippen molar-refractivity contribution in [3.05, 3.63) is 58.8 Å². The zero-order valence-corrected chi connectivity index (χ0v) is 15.8. The number of aromatic amines is 1. The van der Waals surface area contributed by atoms with Gasteiger partial charge in [0, 0.05) is 25.0 Å². The van der Waals surface area contributed by atoms with Crippen LogP contribution in [0.15, 0.2) is 47.7 Å². The highest BCUT2D eigenvalue weighted by Gasteiger charge is 2.16. The molecule has 0 atom stereocenters. The summed E-state index contributed by atoms with van der Waals surface area (Å²) in [6, 6.07) is 7.66.